The molecule has 1 aromatic rings. The smallest absolute Gasteiger partial charge is 0.239 e. The van der Waals surface area contributed by atoms with Crippen LogP contribution in [0.15, 0.2) is 35.3 Å². The van der Waals surface area contributed by atoms with Crippen molar-refractivity contribution in [3.8, 4) is 0 Å². The van der Waals surface area contributed by atoms with Crippen LogP contribution < -0.4 is 10.6 Å². The van der Waals surface area contributed by atoms with Crippen LogP contribution >= 0.6 is 24.0 Å². The van der Waals surface area contributed by atoms with Gasteiger partial charge >= 0.3 is 0 Å². The molecule has 2 rings (SSSR count). The zero-order chi connectivity index (χ0) is 18.4. The van der Waals surface area contributed by atoms with Gasteiger partial charge in [0.15, 0.2) is 5.96 Å². The topological polar surface area (TPSA) is 56.7 Å². The minimum atomic E-state index is -0.217. The van der Waals surface area contributed by atoms with Crippen molar-refractivity contribution in [3.05, 3.63) is 35.9 Å². The minimum Gasteiger partial charge on any atom is -0.350 e. The lowest BCUT2D eigenvalue weighted by Gasteiger charge is -2.39. The van der Waals surface area contributed by atoms with Crippen LogP contribution in [0.4, 0.5) is 0 Å². The molecule has 0 spiro atoms. The van der Waals surface area contributed by atoms with Crippen LogP contribution in [-0.4, -0.2) is 49.0 Å². The summed E-state index contributed by atoms with van der Waals surface area (Å²) >= 11 is 0. The van der Waals surface area contributed by atoms with E-state index in [1.807, 2.05) is 20.8 Å². The highest BCUT2D eigenvalue weighted by molar-refractivity contribution is 14.0. The number of hydrogen-bond donors (Lipinski definition) is 2. The van der Waals surface area contributed by atoms with E-state index >= 15 is 0 Å². The highest BCUT2D eigenvalue weighted by Gasteiger charge is 2.28. The monoisotopic (exact) mass is 472 g/mol. The molecule has 5 nitrogen and oxygen atoms in total. The standard InChI is InChI=1S/C20H32N4O.HI/c1-15-14-24(12-11-17(15)16-9-7-6-8-10-16)19(21-5)22-13-18(25)23-20(2,3)4;/h6-10,15,17H,11-14H2,1-5H3,(H,21,22)(H,23,25);1H. The summed E-state index contributed by atoms with van der Waals surface area (Å²) in [5.74, 6) is 1.92. The van der Waals surface area contributed by atoms with E-state index in [9.17, 15) is 4.79 Å². The molecule has 1 aliphatic rings. The van der Waals surface area contributed by atoms with E-state index in [0.29, 0.717) is 11.8 Å². The molecule has 1 aliphatic heterocycles. The largest absolute Gasteiger partial charge is 0.350 e. The molecular formula is C20H33IN4O. The van der Waals surface area contributed by atoms with Crippen LogP contribution in [0.3, 0.4) is 0 Å². The first-order valence-electron chi connectivity index (χ1n) is 9.11. The Morgan fingerprint density at radius 1 is 1.27 bits per heavy atom. The quantitative estimate of drug-likeness (QED) is 0.404. The maximum absolute atomic E-state index is 12.0. The molecule has 2 N–H and O–H groups in total. The highest BCUT2D eigenvalue weighted by atomic mass is 127. The van der Waals surface area contributed by atoms with Crippen molar-refractivity contribution < 1.29 is 4.79 Å². The number of likely N-dealkylation sites (tertiary alicyclic amines) is 1. The Labute approximate surface area is 175 Å². The van der Waals surface area contributed by atoms with Crippen molar-refractivity contribution >= 4 is 35.8 Å². The molecule has 1 heterocycles. The van der Waals surface area contributed by atoms with E-state index in [1.165, 1.54) is 5.56 Å². The fourth-order valence-corrected chi connectivity index (χ4v) is 3.49. The second-order valence-electron chi connectivity index (χ2n) is 7.93. The second-order valence-corrected chi connectivity index (χ2v) is 7.93. The van der Waals surface area contributed by atoms with Crippen LogP contribution in [0.25, 0.3) is 0 Å². The first-order chi connectivity index (χ1) is 11.8. The van der Waals surface area contributed by atoms with Gasteiger partial charge in [0.05, 0.1) is 6.54 Å². The lowest BCUT2D eigenvalue weighted by molar-refractivity contribution is -0.121. The third-order valence-electron chi connectivity index (χ3n) is 4.57. The Kier molecular flexibility index (Phi) is 8.86. The molecule has 6 heteroatoms. The van der Waals surface area contributed by atoms with Gasteiger partial charge in [-0.25, -0.2) is 0 Å². The molecule has 0 bridgehead atoms. The van der Waals surface area contributed by atoms with E-state index < -0.39 is 0 Å². The van der Waals surface area contributed by atoms with Crippen LogP contribution in [0.2, 0.25) is 0 Å². The predicted octanol–water partition coefficient (Wildman–Crippen LogP) is 3.22. The van der Waals surface area contributed by atoms with E-state index in [0.717, 1.165) is 25.5 Å². The Bertz CT molecular complexity index is 598. The van der Waals surface area contributed by atoms with E-state index in [1.54, 1.807) is 7.05 Å². The van der Waals surface area contributed by atoms with Crippen molar-refractivity contribution in [2.45, 2.75) is 45.6 Å². The number of aliphatic imine (C=N–C) groups is 1. The number of nitrogens with one attached hydrogen (secondary N) is 2. The normalized spacial score (nSPS) is 21.0. The van der Waals surface area contributed by atoms with Crippen molar-refractivity contribution in [3.63, 3.8) is 0 Å². The molecule has 2 atom stereocenters. The number of rotatable bonds is 3. The molecule has 2 unspecified atom stereocenters. The summed E-state index contributed by atoms with van der Waals surface area (Å²) in [6, 6.07) is 10.7. The van der Waals surface area contributed by atoms with Gasteiger partial charge in [-0.15, -0.1) is 24.0 Å². The van der Waals surface area contributed by atoms with Gasteiger partial charge in [0.1, 0.15) is 0 Å². The van der Waals surface area contributed by atoms with Gasteiger partial charge < -0.3 is 15.5 Å². The molecule has 1 fully saturated rings. The highest BCUT2D eigenvalue weighted by Crippen LogP contribution is 2.32. The maximum atomic E-state index is 12.0. The third kappa shape index (κ3) is 6.78. The van der Waals surface area contributed by atoms with Crippen LogP contribution in [-0.2, 0) is 4.79 Å². The fourth-order valence-electron chi connectivity index (χ4n) is 3.49. The Morgan fingerprint density at radius 2 is 1.92 bits per heavy atom. The second kappa shape index (κ2) is 10.1. The molecule has 1 saturated heterocycles. The predicted molar refractivity (Wildman–Crippen MR) is 119 cm³/mol. The Morgan fingerprint density at radius 3 is 2.46 bits per heavy atom. The number of piperidine rings is 1. The zero-order valence-corrected chi connectivity index (χ0v) is 18.9. The van der Waals surface area contributed by atoms with Gasteiger partial charge in [-0.2, -0.15) is 0 Å². The van der Waals surface area contributed by atoms with Gasteiger partial charge in [0.25, 0.3) is 0 Å². The van der Waals surface area contributed by atoms with Gasteiger partial charge in [0, 0.05) is 25.7 Å². The summed E-state index contributed by atoms with van der Waals surface area (Å²) in [4.78, 5) is 18.6. The molecule has 146 valence electrons. The summed E-state index contributed by atoms with van der Waals surface area (Å²) in [6.45, 7) is 10.4. The summed E-state index contributed by atoms with van der Waals surface area (Å²) in [6.07, 6.45) is 1.10. The number of hydrogen-bond acceptors (Lipinski definition) is 2. The number of guanidine groups is 1. The van der Waals surface area contributed by atoms with Crippen LogP contribution in [0.1, 0.15) is 45.6 Å². The molecule has 1 aromatic carbocycles. The van der Waals surface area contributed by atoms with Crippen molar-refractivity contribution in [2.24, 2.45) is 10.9 Å². The molecular weight excluding hydrogens is 439 g/mol. The van der Waals surface area contributed by atoms with Crippen LogP contribution in [0, 0.1) is 5.92 Å². The molecule has 0 aromatic heterocycles. The number of halogens is 1. The lowest BCUT2D eigenvalue weighted by Crippen LogP contribution is -2.51. The van der Waals surface area contributed by atoms with E-state index in [2.05, 4.69) is 57.8 Å². The minimum absolute atomic E-state index is 0. The third-order valence-corrected chi connectivity index (χ3v) is 4.57. The van der Waals surface area contributed by atoms with Crippen molar-refractivity contribution in [2.75, 3.05) is 26.7 Å². The SMILES string of the molecule is CN=C(NCC(=O)NC(C)(C)C)N1CCC(c2ccccc2)C(C)C1.I. The number of amides is 1. The lowest BCUT2D eigenvalue weighted by atomic mass is 9.82. The van der Waals surface area contributed by atoms with Gasteiger partial charge in [-0.05, 0) is 44.6 Å². The Balaban J connectivity index is 0.00000338. The van der Waals surface area contributed by atoms with Crippen molar-refractivity contribution in [1.82, 2.24) is 15.5 Å². The summed E-state index contributed by atoms with van der Waals surface area (Å²) in [5, 5.41) is 6.16. The van der Waals surface area contributed by atoms with Crippen molar-refractivity contribution in [1.29, 1.82) is 0 Å². The fraction of sp³-hybridized carbons (Fsp3) is 0.600. The van der Waals surface area contributed by atoms with E-state index in [4.69, 9.17) is 0 Å². The number of carbonyl (C=O) groups is 1. The van der Waals surface area contributed by atoms with Gasteiger partial charge in [-0.3, -0.25) is 9.79 Å². The van der Waals surface area contributed by atoms with Gasteiger partial charge in [0.2, 0.25) is 5.91 Å². The van der Waals surface area contributed by atoms with E-state index in [-0.39, 0.29) is 42.0 Å². The number of benzene rings is 1. The summed E-state index contributed by atoms with van der Waals surface area (Å²) in [7, 11) is 1.78. The first kappa shape index (κ1) is 22.7. The average molecular weight is 472 g/mol. The zero-order valence-electron chi connectivity index (χ0n) is 16.6. The first-order valence-corrected chi connectivity index (χ1v) is 9.11. The van der Waals surface area contributed by atoms with Crippen LogP contribution in [0.5, 0.6) is 0 Å². The molecule has 1 amide bonds. The maximum Gasteiger partial charge on any atom is 0.239 e. The number of carbonyl (C=O) groups excluding carboxylic acids is 1. The summed E-state index contributed by atoms with van der Waals surface area (Å²) in [5.41, 5.74) is 1.20. The molecule has 0 saturated carbocycles. The number of nitrogens with zero attached hydrogens (tertiary/aromatic N) is 2. The van der Waals surface area contributed by atoms with Gasteiger partial charge in [-0.1, -0.05) is 37.3 Å². The average Bonchev–Trinajstić information content (AvgIpc) is 2.54. The molecule has 0 aliphatic carbocycles. The molecule has 0 radical (unpaired) electrons. The molecule has 26 heavy (non-hydrogen) atoms. The summed E-state index contributed by atoms with van der Waals surface area (Å²) < 4.78 is 0. The Hall–Kier alpha value is -1.31.